The van der Waals surface area contributed by atoms with Gasteiger partial charge < -0.3 is 14.8 Å². The van der Waals surface area contributed by atoms with E-state index in [1.807, 2.05) is 26.0 Å². The van der Waals surface area contributed by atoms with Crippen molar-refractivity contribution in [3.8, 4) is 5.75 Å². The van der Waals surface area contributed by atoms with Crippen molar-refractivity contribution in [2.45, 2.75) is 19.9 Å². The molecule has 6 heteroatoms. The normalized spacial score (nSPS) is 11.5. The number of ether oxygens (including phenoxy) is 2. The number of rotatable bonds is 7. The van der Waals surface area contributed by atoms with E-state index in [0.29, 0.717) is 22.9 Å². The van der Waals surface area contributed by atoms with Gasteiger partial charge in [-0.15, -0.1) is 0 Å². The fourth-order valence-corrected chi connectivity index (χ4v) is 2.47. The Morgan fingerprint density at radius 2 is 1.92 bits per heavy atom. The molecule has 2 aromatic carbocycles. The maximum absolute atomic E-state index is 12.1. The van der Waals surface area contributed by atoms with E-state index in [0.717, 1.165) is 5.56 Å². The van der Waals surface area contributed by atoms with Gasteiger partial charge in [-0.25, -0.2) is 4.79 Å². The van der Waals surface area contributed by atoms with Crippen molar-refractivity contribution in [1.82, 2.24) is 5.32 Å². The van der Waals surface area contributed by atoms with Gasteiger partial charge >= 0.3 is 5.97 Å². The second-order valence-electron chi connectivity index (χ2n) is 5.35. The molecule has 0 fully saturated rings. The van der Waals surface area contributed by atoms with Crippen LogP contribution in [0.1, 0.15) is 35.8 Å². The molecule has 0 saturated heterocycles. The molecule has 2 rings (SSSR count). The topological polar surface area (TPSA) is 64.6 Å². The van der Waals surface area contributed by atoms with E-state index in [4.69, 9.17) is 21.1 Å². The fraction of sp³-hybridized carbons (Fsp3) is 0.263. The monoisotopic (exact) mass is 361 g/mol. The summed E-state index contributed by atoms with van der Waals surface area (Å²) in [6.45, 7) is 3.72. The summed E-state index contributed by atoms with van der Waals surface area (Å²) in [4.78, 5) is 24.2. The van der Waals surface area contributed by atoms with Gasteiger partial charge in [-0.3, -0.25) is 4.79 Å². The standard InChI is InChI=1S/C19H20ClNO4/c1-3-24-17-10-5-4-9-16(17)19(23)25-12-18(22)21-13(2)14-7-6-8-15(20)11-14/h4-11,13H,3,12H2,1-2H3,(H,21,22). The van der Waals surface area contributed by atoms with Crippen LogP contribution in [0.2, 0.25) is 5.02 Å². The summed E-state index contributed by atoms with van der Waals surface area (Å²) in [5, 5.41) is 3.36. The third-order valence-electron chi connectivity index (χ3n) is 3.47. The van der Waals surface area contributed by atoms with Crippen LogP contribution >= 0.6 is 11.6 Å². The number of esters is 1. The molecule has 0 aromatic heterocycles. The van der Waals surface area contributed by atoms with Crippen LogP contribution in [0.5, 0.6) is 5.75 Å². The summed E-state index contributed by atoms with van der Waals surface area (Å²) in [5.74, 6) is -0.563. The molecule has 5 nitrogen and oxygen atoms in total. The van der Waals surface area contributed by atoms with E-state index < -0.39 is 11.9 Å². The molecular weight excluding hydrogens is 342 g/mol. The molecule has 0 aliphatic heterocycles. The Morgan fingerprint density at radius 1 is 1.16 bits per heavy atom. The molecule has 0 aliphatic carbocycles. The smallest absolute Gasteiger partial charge is 0.342 e. The van der Waals surface area contributed by atoms with E-state index in [2.05, 4.69) is 5.32 Å². The molecule has 0 radical (unpaired) electrons. The van der Waals surface area contributed by atoms with Crippen LogP contribution in [0.15, 0.2) is 48.5 Å². The molecule has 1 N–H and O–H groups in total. The van der Waals surface area contributed by atoms with Crippen LogP contribution in [-0.2, 0) is 9.53 Å². The number of carbonyl (C=O) groups excluding carboxylic acids is 2. The molecule has 0 bridgehead atoms. The minimum atomic E-state index is -0.602. The van der Waals surface area contributed by atoms with E-state index in [1.54, 1.807) is 36.4 Å². The van der Waals surface area contributed by atoms with Crippen LogP contribution in [0.3, 0.4) is 0 Å². The summed E-state index contributed by atoms with van der Waals surface area (Å²) in [6, 6.07) is 13.7. The van der Waals surface area contributed by atoms with Gasteiger partial charge in [-0.1, -0.05) is 35.9 Å². The number of hydrogen-bond acceptors (Lipinski definition) is 4. The quantitative estimate of drug-likeness (QED) is 0.762. The molecular formula is C19H20ClNO4. The Bertz CT molecular complexity index is 748. The molecule has 1 atom stereocenters. The molecule has 2 aromatic rings. The Morgan fingerprint density at radius 3 is 2.64 bits per heavy atom. The lowest BCUT2D eigenvalue weighted by Gasteiger charge is -2.15. The van der Waals surface area contributed by atoms with E-state index >= 15 is 0 Å². The number of nitrogens with one attached hydrogen (secondary N) is 1. The zero-order chi connectivity index (χ0) is 18.2. The maximum Gasteiger partial charge on any atom is 0.342 e. The number of hydrogen-bond donors (Lipinski definition) is 1. The number of halogens is 1. The van der Waals surface area contributed by atoms with Gasteiger partial charge in [0.1, 0.15) is 11.3 Å². The lowest BCUT2D eigenvalue weighted by Crippen LogP contribution is -2.31. The highest BCUT2D eigenvalue weighted by atomic mass is 35.5. The molecule has 1 amide bonds. The molecule has 25 heavy (non-hydrogen) atoms. The maximum atomic E-state index is 12.1. The van der Waals surface area contributed by atoms with Gasteiger partial charge in [0.2, 0.25) is 0 Å². The van der Waals surface area contributed by atoms with Crippen LogP contribution in [-0.4, -0.2) is 25.1 Å². The minimum Gasteiger partial charge on any atom is -0.493 e. The Labute approximate surface area is 151 Å². The van der Waals surface area contributed by atoms with E-state index in [9.17, 15) is 9.59 Å². The number of benzene rings is 2. The van der Waals surface area contributed by atoms with Crippen molar-refractivity contribution in [3.63, 3.8) is 0 Å². The average molecular weight is 362 g/mol. The lowest BCUT2D eigenvalue weighted by atomic mass is 10.1. The number of amides is 1. The molecule has 1 unspecified atom stereocenters. The highest BCUT2D eigenvalue weighted by molar-refractivity contribution is 6.30. The number of para-hydroxylation sites is 1. The van der Waals surface area contributed by atoms with Crippen molar-refractivity contribution in [2.75, 3.05) is 13.2 Å². The summed E-state index contributed by atoms with van der Waals surface area (Å²) in [5.41, 5.74) is 1.16. The average Bonchev–Trinajstić information content (AvgIpc) is 2.60. The largest absolute Gasteiger partial charge is 0.493 e. The SMILES string of the molecule is CCOc1ccccc1C(=O)OCC(=O)NC(C)c1cccc(Cl)c1. The van der Waals surface area contributed by atoms with Gasteiger partial charge in [0.15, 0.2) is 6.61 Å². The predicted octanol–water partition coefficient (Wildman–Crippen LogP) is 3.77. The highest BCUT2D eigenvalue weighted by Crippen LogP contribution is 2.19. The van der Waals surface area contributed by atoms with Gasteiger partial charge in [-0.2, -0.15) is 0 Å². The summed E-state index contributed by atoms with van der Waals surface area (Å²) in [7, 11) is 0. The Kier molecular flexibility index (Phi) is 6.83. The third-order valence-corrected chi connectivity index (χ3v) is 3.70. The fourth-order valence-electron chi connectivity index (χ4n) is 2.27. The van der Waals surface area contributed by atoms with Gasteiger partial charge in [0.25, 0.3) is 5.91 Å². The van der Waals surface area contributed by atoms with Gasteiger partial charge in [-0.05, 0) is 43.7 Å². The van der Waals surface area contributed by atoms with E-state index in [1.165, 1.54) is 0 Å². The second kappa shape index (κ2) is 9.08. The van der Waals surface area contributed by atoms with Crippen molar-refractivity contribution >= 4 is 23.5 Å². The zero-order valence-corrected chi connectivity index (χ0v) is 14.9. The number of carbonyl (C=O) groups is 2. The van der Waals surface area contributed by atoms with Gasteiger partial charge in [0, 0.05) is 5.02 Å². The van der Waals surface area contributed by atoms with Crippen molar-refractivity contribution in [3.05, 3.63) is 64.7 Å². The summed E-state index contributed by atoms with van der Waals surface area (Å²) >= 11 is 5.94. The highest BCUT2D eigenvalue weighted by Gasteiger charge is 2.16. The summed E-state index contributed by atoms with van der Waals surface area (Å²) < 4.78 is 10.5. The zero-order valence-electron chi connectivity index (χ0n) is 14.1. The Hall–Kier alpha value is -2.53. The first-order valence-electron chi connectivity index (χ1n) is 7.95. The van der Waals surface area contributed by atoms with Crippen LogP contribution < -0.4 is 10.1 Å². The minimum absolute atomic E-state index is 0.249. The first-order valence-corrected chi connectivity index (χ1v) is 8.32. The molecule has 132 valence electrons. The molecule has 0 saturated carbocycles. The molecule has 0 heterocycles. The van der Waals surface area contributed by atoms with Crippen molar-refractivity contribution < 1.29 is 19.1 Å². The van der Waals surface area contributed by atoms with Crippen molar-refractivity contribution in [1.29, 1.82) is 0 Å². The van der Waals surface area contributed by atoms with E-state index in [-0.39, 0.29) is 12.6 Å². The molecule has 0 spiro atoms. The second-order valence-corrected chi connectivity index (χ2v) is 5.79. The van der Waals surface area contributed by atoms with Crippen LogP contribution in [0.25, 0.3) is 0 Å². The van der Waals surface area contributed by atoms with Gasteiger partial charge in [0.05, 0.1) is 12.6 Å². The van der Waals surface area contributed by atoms with Crippen LogP contribution in [0, 0.1) is 0 Å². The first kappa shape index (κ1) is 18.8. The first-order chi connectivity index (χ1) is 12.0. The van der Waals surface area contributed by atoms with Crippen LogP contribution in [0.4, 0.5) is 0 Å². The Balaban J connectivity index is 1.90. The van der Waals surface area contributed by atoms with Crippen molar-refractivity contribution in [2.24, 2.45) is 0 Å². The summed E-state index contributed by atoms with van der Waals surface area (Å²) in [6.07, 6.45) is 0. The predicted molar refractivity (Wildman–Crippen MR) is 95.9 cm³/mol. The lowest BCUT2D eigenvalue weighted by molar-refractivity contribution is -0.124. The molecule has 0 aliphatic rings. The third kappa shape index (κ3) is 5.50.